The van der Waals surface area contributed by atoms with Crippen LogP contribution >= 0.6 is 15.9 Å². The normalized spacial score (nSPS) is 11.4. The molecular formula is C16H13BrN2O4S. The summed E-state index contributed by atoms with van der Waals surface area (Å²) in [6, 6.07) is 13.2. The summed E-state index contributed by atoms with van der Waals surface area (Å²) in [6.45, 7) is 0. The maximum atomic E-state index is 12.6. The maximum Gasteiger partial charge on any atom is 0.363 e. The molecule has 3 aromatic rings. The van der Waals surface area contributed by atoms with Gasteiger partial charge in [0, 0.05) is 16.9 Å². The van der Waals surface area contributed by atoms with E-state index in [4.69, 9.17) is 4.42 Å². The Morgan fingerprint density at radius 3 is 2.38 bits per heavy atom. The summed E-state index contributed by atoms with van der Waals surface area (Å²) in [5, 5.41) is 3.47. The first kappa shape index (κ1) is 16.5. The highest BCUT2D eigenvalue weighted by atomic mass is 79.9. The number of sulfonamides is 1. The number of halogens is 1. The molecule has 8 heteroatoms. The van der Waals surface area contributed by atoms with Crippen LogP contribution in [0.1, 0.15) is 0 Å². The third-order valence-electron chi connectivity index (χ3n) is 3.43. The average molecular weight is 409 g/mol. The monoisotopic (exact) mass is 408 g/mol. The number of hydrogen-bond acceptors (Lipinski definition) is 5. The van der Waals surface area contributed by atoms with Crippen molar-refractivity contribution in [3.05, 3.63) is 63.4 Å². The number of fused-ring (bicyclic) bond motifs is 1. The molecule has 0 saturated heterocycles. The van der Waals surface area contributed by atoms with Gasteiger partial charge in [0.2, 0.25) is 0 Å². The van der Waals surface area contributed by atoms with Crippen molar-refractivity contribution in [2.24, 2.45) is 0 Å². The van der Waals surface area contributed by atoms with Crippen molar-refractivity contribution in [3.8, 4) is 0 Å². The molecule has 1 heterocycles. The van der Waals surface area contributed by atoms with Crippen molar-refractivity contribution in [2.75, 3.05) is 17.1 Å². The van der Waals surface area contributed by atoms with Crippen molar-refractivity contribution < 1.29 is 12.8 Å². The molecule has 6 nitrogen and oxygen atoms in total. The van der Waals surface area contributed by atoms with Gasteiger partial charge in [-0.25, -0.2) is 13.2 Å². The summed E-state index contributed by atoms with van der Waals surface area (Å²) in [7, 11) is -2.36. The van der Waals surface area contributed by atoms with Crippen LogP contribution in [0, 0.1) is 0 Å². The number of hydrogen-bond donors (Lipinski definition) is 2. The SMILES string of the molecule is CNc1c(NS(=O)(=O)c2ccccc2Br)c(=O)oc2ccccc12. The number of benzene rings is 2. The molecule has 0 unspecified atom stereocenters. The predicted octanol–water partition coefficient (Wildman–Crippen LogP) is 3.40. The molecule has 0 fully saturated rings. The fraction of sp³-hybridized carbons (Fsp3) is 0.0625. The summed E-state index contributed by atoms with van der Waals surface area (Å²) in [4.78, 5) is 12.3. The highest BCUT2D eigenvalue weighted by Crippen LogP contribution is 2.30. The lowest BCUT2D eigenvalue weighted by Crippen LogP contribution is -2.20. The van der Waals surface area contributed by atoms with Crippen LogP contribution in [0.4, 0.5) is 11.4 Å². The molecule has 0 aliphatic carbocycles. The van der Waals surface area contributed by atoms with Gasteiger partial charge in [0.1, 0.15) is 10.5 Å². The molecule has 0 radical (unpaired) electrons. The molecule has 24 heavy (non-hydrogen) atoms. The Bertz CT molecular complexity index is 1080. The Balaban J connectivity index is 2.19. The lowest BCUT2D eigenvalue weighted by atomic mass is 10.2. The van der Waals surface area contributed by atoms with Crippen molar-refractivity contribution >= 4 is 48.3 Å². The Labute approximate surface area is 146 Å². The summed E-state index contributed by atoms with van der Waals surface area (Å²) in [6.07, 6.45) is 0. The molecule has 0 atom stereocenters. The van der Waals surface area contributed by atoms with Crippen LogP contribution in [0.15, 0.2) is 67.1 Å². The predicted molar refractivity (Wildman–Crippen MR) is 97.0 cm³/mol. The van der Waals surface area contributed by atoms with Crippen LogP contribution in [-0.4, -0.2) is 15.5 Å². The zero-order valence-corrected chi connectivity index (χ0v) is 14.9. The second-order valence-corrected chi connectivity index (χ2v) is 7.43. The molecule has 0 spiro atoms. The standard InChI is InChI=1S/C16H13BrN2O4S/c1-18-14-10-6-2-4-8-12(10)23-16(20)15(14)19-24(21,22)13-9-5-3-7-11(13)17/h2-9,18-19H,1H3. The number of para-hydroxylation sites is 1. The average Bonchev–Trinajstić information content (AvgIpc) is 2.55. The van der Waals surface area contributed by atoms with Crippen LogP contribution < -0.4 is 15.7 Å². The van der Waals surface area contributed by atoms with Gasteiger partial charge in [-0.3, -0.25) is 4.72 Å². The van der Waals surface area contributed by atoms with Gasteiger partial charge in [0.15, 0.2) is 5.69 Å². The van der Waals surface area contributed by atoms with Crippen molar-refractivity contribution in [1.82, 2.24) is 0 Å². The lowest BCUT2D eigenvalue weighted by molar-refractivity contribution is 0.563. The zero-order valence-electron chi connectivity index (χ0n) is 12.5. The van der Waals surface area contributed by atoms with E-state index in [0.29, 0.717) is 21.1 Å². The van der Waals surface area contributed by atoms with Crippen LogP contribution in [0.5, 0.6) is 0 Å². The van der Waals surface area contributed by atoms with Gasteiger partial charge in [-0.05, 0) is 40.2 Å². The maximum absolute atomic E-state index is 12.6. The minimum Gasteiger partial charge on any atom is -0.421 e. The highest BCUT2D eigenvalue weighted by Gasteiger charge is 2.22. The molecule has 0 aliphatic rings. The molecule has 0 aliphatic heterocycles. The van der Waals surface area contributed by atoms with Gasteiger partial charge in [0.25, 0.3) is 10.0 Å². The second-order valence-electron chi connectivity index (χ2n) is 4.92. The molecule has 3 rings (SSSR count). The second kappa shape index (κ2) is 6.29. The van der Waals surface area contributed by atoms with E-state index in [1.54, 1.807) is 49.5 Å². The minimum atomic E-state index is -3.96. The third-order valence-corrected chi connectivity index (χ3v) is 5.79. The van der Waals surface area contributed by atoms with Crippen molar-refractivity contribution in [3.63, 3.8) is 0 Å². The van der Waals surface area contributed by atoms with E-state index < -0.39 is 15.6 Å². The smallest absolute Gasteiger partial charge is 0.363 e. The summed E-state index contributed by atoms with van der Waals surface area (Å²) >= 11 is 3.20. The lowest BCUT2D eigenvalue weighted by Gasteiger charge is -2.13. The van der Waals surface area contributed by atoms with E-state index in [-0.39, 0.29) is 10.6 Å². The summed E-state index contributed by atoms with van der Waals surface area (Å²) in [5.41, 5.74) is -0.200. The first-order valence-corrected chi connectivity index (χ1v) is 9.22. The first-order chi connectivity index (χ1) is 11.4. The fourth-order valence-electron chi connectivity index (χ4n) is 2.35. The molecule has 2 N–H and O–H groups in total. The summed E-state index contributed by atoms with van der Waals surface area (Å²) < 4.78 is 33.2. The number of anilines is 2. The highest BCUT2D eigenvalue weighted by molar-refractivity contribution is 9.10. The van der Waals surface area contributed by atoms with Gasteiger partial charge in [0.05, 0.1) is 5.69 Å². The Morgan fingerprint density at radius 2 is 1.67 bits per heavy atom. The molecule has 0 saturated carbocycles. The Kier molecular flexibility index (Phi) is 4.33. The quantitative estimate of drug-likeness (QED) is 0.645. The van der Waals surface area contributed by atoms with Gasteiger partial charge in [-0.15, -0.1) is 0 Å². The zero-order chi connectivity index (χ0) is 17.3. The van der Waals surface area contributed by atoms with E-state index in [0.717, 1.165) is 0 Å². The van der Waals surface area contributed by atoms with Crippen LogP contribution in [-0.2, 0) is 10.0 Å². The van der Waals surface area contributed by atoms with Gasteiger partial charge < -0.3 is 9.73 Å². The molecule has 0 bridgehead atoms. The van der Waals surface area contributed by atoms with E-state index in [9.17, 15) is 13.2 Å². The topological polar surface area (TPSA) is 88.4 Å². The first-order valence-electron chi connectivity index (χ1n) is 6.95. The fourth-order valence-corrected chi connectivity index (χ4v) is 4.42. The van der Waals surface area contributed by atoms with E-state index in [1.807, 2.05) is 0 Å². The van der Waals surface area contributed by atoms with Crippen molar-refractivity contribution in [2.45, 2.75) is 4.90 Å². The van der Waals surface area contributed by atoms with Crippen LogP contribution in [0.3, 0.4) is 0 Å². The molecule has 2 aromatic carbocycles. The largest absolute Gasteiger partial charge is 0.421 e. The van der Waals surface area contributed by atoms with Gasteiger partial charge >= 0.3 is 5.63 Å². The van der Waals surface area contributed by atoms with Crippen LogP contribution in [0.2, 0.25) is 0 Å². The number of nitrogens with one attached hydrogen (secondary N) is 2. The summed E-state index contributed by atoms with van der Waals surface area (Å²) in [5.74, 6) is 0. The van der Waals surface area contributed by atoms with Gasteiger partial charge in [-0.2, -0.15) is 0 Å². The molecule has 124 valence electrons. The van der Waals surface area contributed by atoms with Gasteiger partial charge in [-0.1, -0.05) is 24.3 Å². The molecular weight excluding hydrogens is 396 g/mol. The molecule has 0 amide bonds. The number of rotatable bonds is 4. The van der Waals surface area contributed by atoms with Crippen molar-refractivity contribution in [1.29, 1.82) is 0 Å². The third kappa shape index (κ3) is 2.90. The molecule has 1 aromatic heterocycles. The Hall–Kier alpha value is -2.32. The van der Waals surface area contributed by atoms with E-state index in [2.05, 4.69) is 26.0 Å². The van der Waals surface area contributed by atoms with E-state index in [1.165, 1.54) is 6.07 Å². The minimum absolute atomic E-state index is 0.0274. The Morgan fingerprint density at radius 1 is 1.00 bits per heavy atom. The van der Waals surface area contributed by atoms with E-state index >= 15 is 0 Å². The van der Waals surface area contributed by atoms with Crippen LogP contribution in [0.25, 0.3) is 11.0 Å².